The molecule has 0 aromatic rings. The Balaban J connectivity index is 0.00000441. The van der Waals surface area contributed by atoms with E-state index in [1.807, 2.05) is 32.6 Å². The van der Waals surface area contributed by atoms with E-state index in [1.165, 1.54) is 0 Å². The lowest BCUT2D eigenvalue weighted by Crippen LogP contribution is -2.45. The van der Waals surface area contributed by atoms with Crippen LogP contribution in [0.2, 0.25) is 0 Å². The molecule has 0 aromatic carbocycles. The van der Waals surface area contributed by atoms with Gasteiger partial charge in [0, 0.05) is 37.5 Å². The third-order valence-corrected chi connectivity index (χ3v) is 3.92. The lowest BCUT2D eigenvalue weighted by Gasteiger charge is -2.33. The van der Waals surface area contributed by atoms with Gasteiger partial charge in [0.1, 0.15) is 0 Å². The zero-order chi connectivity index (χ0) is 16.0. The minimum absolute atomic E-state index is 0. The van der Waals surface area contributed by atoms with Crippen LogP contribution in [0, 0.1) is 11.3 Å². The fraction of sp³-hybridized carbons (Fsp3) is 0.875. The van der Waals surface area contributed by atoms with Gasteiger partial charge in [0.05, 0.1) is 0 Å². The average molecular weight is 334 g/mol. The van der Waals surface area contributed by atoms with Gasteiger partial charge in [0.2, 0.25) is 11.8 Å². The molecule has 1 heterocycles. The Kier molecular flexibility index (Phi) is 9.01. The summed E-state index contributed by atoms with van der Waals surface area (Å²) in [6.45, 7) is 9.90. The Hall–Kier alpha value is -0.810. The van der Waals surface area contributed by atoms with Gasteiger partial charge in [-0.3, -0.25) is 9.59 Å². The molecule has 0 saturated carbocycles. The number of hydrogen-bond donors (Lipinski definition) is 2. The van der Waals surface area contributed by atoms with Gasteiger partial charge in [-0.25, -0.2) is 0 Å². The Morgan fingerprint density at radius 3 is 2.55 bits per heavy atom. The van der Waals surface area contributed by atoms with Crippen molar-refractivity contribution in [2.24, 2.45) is 17.1 Å². The van der Waals surface area contributed by atoms with Crippen LogP contribution in [0.3, 0.4) is 0 Å². The van der Waals surface area contributed by atoms with Crippen LogP contribution in [-0.4, -0.2) is 42.4 Å². The van der Waals surface area contributed by atoms with Crippen LogP contribution in [0.5, 0.6) is 0 Å². The SMILES string of the molecule is CC(N)CCC(=O)N1CCCC(CNC(=O)C(C)(C)C)C1.Cl. The van der Waals surface area contributed by atoms with Gasteiger partial charge in [-0.2, -0.15) is 0 Å². The third-order valence-electron chi connectivity index (χ3n) is 3.92. The molecule has 1 rings (SSSR count). The van der Waals surface area contributed by atoms with Crippen LogP contribution in [0.1, 0.15) is 53.4 Å². The van der Waals surface area contributed by atoms with Gasteiger partial charge in [-0.1, -0.05) is 20.8 Å². The number of nitrogens with zero attached hydrogens (tertiary/aromatic N) is 1. The molecule has 1 fully saturated rings. The van der Waals surface area contributed by atoms with Crippen molar-refractivity contribution in [3.63, 3.8) is 0 Å². The maximum Gasteiger partial charge on any atom is 0.225 e. The predicted molar refractivity (Wildman–Crippen MR) is 91.9 cm³/mol. The molecule has 1 saturated heterocycles. The molecule has 2 amide bonds. The van der Waals surface area contributed by atoms with Crippen LogP contribution >= 0.6 is 12.4 Å². The van der Waals surface area contributed by atoms with Gasteiger partial charge in [-0.05, 0) is 32.1 Å². The van der Waals surface area contributed by atoms with Crippen molar-refractivity contribution in [1.82, 2.24) is 10.2 Å². The van der Waals surface area contributed by atoms with Crippen molar-refractivity contribution < 1.29 is 9.59 Å². The molecule has 0 aliphatic carbocycles. The van der Waals surface area contributed by atoms with E-state index in [4.69, 9.17) is 5.73 Å². The summed E-state index contributed by atoms with van der Waals surface area (Å²) in [7, 11) is 0. The van der Waals surface area contributed by atoms with Crippen molar-refractivity contribution in [1.29, 1.82) is 0 Å². The van der Waals surface area contributed by atoms with Gasteiger partial charge in [0.25, 0.3) is 0 Å². The molecule has 1 aliphatic rings. The standard InChI is InChI=1S/C16H31N3O2.ClH/c1-12(17)7-8-14(20)19-9-5-6-13(11-19)10-18-15(21)16(2,3)4;/h12-13H,5-11,17H2,1-4H3,(H,18,21);1H. The quantitative estimate of drug-likeness (QED) is 0.807. The summed E-state index contributed by atoms with van der Waals surface area (Å²) in [5.41, 5.74) is 5.34. The average Bonchev–Trinajstić information content (AvgIpc) is 2.41. The molecule has 1 aliphatic heterocycles. The number of carbonyl (C=O) groups excluding carboxylic acids is 2. The summed E-state index contributed by atoms with van der Waals surface area (Å²) in [4.78, 5) is 26.0. The van der Waals surface area contributed by atoms with Crippen LogP contribution < -0.4 is 11.1 Å². The normalized spacial score (nSPS) is 20.0. The first-order valence-electron chi connectivity index (χ1n) is 8.02. The first-order valence-corrected chi connectivity index (χ1v) is 8.02. The highest BCUT2D eigenvalue weighted by Crippen LogP contribution is 2.18. The fourth-order valence-electron chi connectivity index (χ4n) is 2.47. The van der Waals surface area contributed by atoms with Crippen molar-refractivity contribution in [3.05, 3.63) is 0 Å². The lowest BCUT2D eigenvalue weighted by atomic mass is 9.94. The van der Waals surface area contributed by atoms with Gasteiger partial charge in [-0.15, -0.1) is 12.4 Å². The number of amides is 2. The number of nitrogens with one attached hydrogen (secondary N) is 1. The summed E-state index contributed by atoms with van der Waals surface area (Å²) in [5, 5.41) is 3.01. The molecule has 22 heavy (non-hydrogen) atoms. The zero-order valence-electron chi connectivity index (χ0n) is 14.4. The number of carbonyl (C=O) groups is 2. The Bertz CT molecular complexity index is 367. The topological polar surface area (TPSA) is 75.4 Å². The van der Waals surface area contributed by atoms with Gasteiger partial charge in [0.15, 0.2) is 0 Å². The van der Waals surface area contributed by atoms with Crippen LogP contribution in [0.4, 0.5) is 0 Å². The third kappa shape index (κ3) is 7.45. The summed E-state index contributed by atoms with van der Waals surface area (Å²) < 4.78 is 0. The van der Waals surface area contributed by atoms with E-state index in [0.29, 0.717) is 18.9 Å². The van der Waals surface area contributed by atoms with E-state index in [2.05, 4.69) is 5.32 Å². The van der Waals surface area contributed by atoms with Crippen LogP contribution in [0.25, 0.3) is 0 Å². The highest BCUT2D eigenvalue weighted by molar-refractivity contribution is 5.85. The number of hydrogen-bond acceptors (Lipinski definition) is 3. The smallest absolute Gasteiger partial charge is 0.225 e. The number of nitrogens with two attached hydrogens (primary N) is 1. The van der Waals surface area contributed by atoms with Gasteiger partial charge >= 0.3 is 0 Å². The van der Waals surface area contributed by atoms with Crippen molar-refractivity contribution in [2.45, 2.75) is 59.4 Å². The first kappa shape index (κ1) is 21.2. The van der Waals surface area contributed by atoms with E-state index in [-0.39, 0.29) is 35.7 Å². The second-order valence-corrected chi connectivity index (χ2v) is 7.32. The summed E-state index contributed by atoms with van der Waals surface area (Å²) in [6, 6.07) is 0.0700. The lowest BCUT2D eigenvalue weighted by molar-refractivity contribution is -0.133. The number of halogens is 1. The number of rotatable bonds is 5. The molecule has 0 spiro atoms. The monoisotopic (exact) mass is 333 g/mol. The highest BCUT2D eigenvalue weighted by Gasteiger charge is 2.26. The van der Waals surface area contributed by atoms with E-state index in [1.54, 1.807) is 0 Å². The maximum absolute atomic E-state index is 12.1. The van der Waals surface area contributed by atoms with E-state index < -0.39 is 0 Å². The highest BCUT2D eigenvalue weighted by atomic mass is 35.5. The Morgan fingerprint density at radius 2 is 2.00 bits per heavy atom. The summed E-state index contributed by atoms with van der Waals surface area (Å²) >= 11 is 0. The maximum atomic E-state index is 12.1. The van der Waals surface area contributed by atoms with E-state index >= 15 is 0 Å². The molecule has 3 N–H and O–H groups in total. The van der Waals surface area contributed by atoms with Crippen LogP contribution in [0.15, 0.2) is 0 Å². The second-order valence-electron chi connectivity index (χ2n) is 7.32. The molecule has 0 bridgehead atoms. The summed E-state index contributed by atoms with van der Waals surface area (Å²) in [6.07, 6.45) is 3.35. The van der Waals surface area contributed by atoms with Crippen molar-refractivity contribution in [2.75, 3.05) is 19.6 Å². The minimum Gasteiger partial charge on any atom is -0.355 e. The van der Waals surface area contributed by atoms with Crippen molar-refractivity contribution >= 4 is 24.2 Å². The van der Waals surface area contributed by atoms with Gasteiger partial charge < -0.3 is 16.0 Å². The molecule has 130 valence electrons. The van der Waals surface area contributed by atoms with Crippen molar-refractivity contribution in [3.8, 4) is 0 Å². The Morgan fingerprint density at radius 1 is 1.36 bits per heavy atom. The first-order chi connectivity index (χ1) is 9.70. The fourth-order valence-corrected chi connectivity index (χ4v) is 2.47. The zero-order valence-corrected chi connectivity index (χ0v) is 15.2. The molecule has 6 heteroatoms. The number of likely N-dealkylation sites (tertiary alicyclic amines) is 1. The molecule has 5 nitrogen and oxygen atoms in total. The van der Waals surface area contributed by atoms with Crippen LogP contribution in [-0.2, 0) is 9.59 Å². The number of piperidine rings is 1. The molecule has 0 radical (unpaired) electrons. The second kappa shape index (κ2) is 9.36. The molecular weight excluding hydrogens is 302 g/mol. The largest absolute Gasteiger partial charge is 0.355 e. The molecule has 0 aromatic heterocycles. The van der Waals surface area contributed by atoms with E-state index in [0.717, 1.165) is 32.4 Å². The predicted octanol–water partition coefficient (Wildman–Crippen LogP) is 1.94. The molecule has 2 atom stereocenters. The molecular formula is C16H32ClN3O2. The molecule has 2 unspecified atom stereocenters. The van der Waals surface area contributed by atoms with E-state index in [9.17, 15) is 9.59 Å². The Labute approximate surface area is 140 Å². The summed E-state index contributed by atoms with van der Waals surface area (Å²) in [5.74, 6) is 0.631. The minimum atomic E-state index is -0.360.